The molecule has 0 spiro atoms. The van der Waals surface area contributed by atoms with Gasteiger partial charge < -0.3 is 10.2 Å². The van der Waals surface area contributed by atoms with Crippen molar-refractivity contribution in [3.63, 3.8) is 0 Å². The van der Waals surface area contributed by atoms with Gasteiger partial charge in [-0.2, -0.15) is 11.8 Å². The van der Waals surface area contributed by atoms with Crippen molar-refractivity contribution in [2.45, 2.75) is 5.75 Å². The summed E-state index contributed by atoms with van der Waals surface area (Å²) in [5, 5.41) is 2.85. The summed E-state index contributed by atoms with van der Waals surface area (Å²) in [5.41, 5.74) is 1.07. The smallest absolute Gasteiger partial charge is 0.317 e. The third-order valence-corrected chi connectivity index (χ3v) is 5.33. The van der Waals surface area contributed by atoms with Gasteiger partial charge in [0.05, 0.1) is 0 Å². The average molecular weight is 312 g/mol. The summed E-state index contributed by atoms with van der Waals surface area (Å²) in [6, 6.07) is 9.76. The Morgan fingerprint density at radius 3 is 2.65 bits per heavy atom. The number of benzene rings is 1. The van der Waals surface area contributed by atoms with E-state index in [1.807, 2.05) is 47.0 Å². The van der Waals surface area contributed by atoms with Gasteiger partial charge in [0.15, 0.2) is 0 Å². The first-order chi connectivity index (χ1) is 9.75. The minimum absolute atomic E-state index is 0.0259. The molecular formula is C14H20N2O2S2. The highest BCUT2D eigenvalue weighted by Gasteiger charge is 2.16. The van der Waals surface area contributed by atoms with Crippen LogP contribution in [0.5, 0.6) is 0 Å². The molecule has 0 aliphatic carbocycles. The van der Waals surface area contributed by atoms with Crippen LogP contribution >= 0.6 is 11.8 Å². The Bertz CT molecular complexity index is 448. The zero-order valence-corrected chi connectivity index (χ0v) is 13.0. The van der Waals surface area contributed by atoms with Gasteiger partial charge in [-0.3, -0.25) is 4.21 Å². The van der Waals surface area contributed by atoms with Crippen molar-refractivity contribution in [3.05, 3.63) is 35.9 Å². The van der Waals surface area contributed by atoms with Gasteiger partial charge in [0.1, 0.15) is 0 Å². The maximum absolute atomic E-state index is 11.9. The quantitative estimate of drug-likeness (QED) is 0.900. The number of nitrogens with zero attached hydrogens (tertiary/aromatic N) is 1. The van der Waals surface area contributed by atoms with Crippen LogP contribution in [0.4, 0.5) is 4.79 Å². The fourth-order valence-electron chi connectivity index (χ4n) is 1.98. The lowest BCUT2D eigenvalue weighted by Crippen LogP contribution is -2.45. The molecule has 2 amide bonds. The van der Waals surface area contributed by atoms with E-state index in [9.17, 15) is 9.00 Å². The van der Waals surface area contributed by atoms with Crippen molar-refractivity contribution in [3.8, 4) is 0 Å². The predicted molar refractivity (Wildman–Crippen MR) is 85.5 cm³/mol. The lowest BCUT2D eigenvalue weighted by Gasteiger charge is -2.26. The van der Waals surface area contributed by atoms with Crippen LogP contribution in [-0.4, -0.2) is 52.0 Å². The molecule has 0 radical (unpaired) electrons. The van der Waals surface area contributed by atoms with E-state index in [0.717, 1.165) is 30.2 Å². The third-order valence-electron chi connectivity index (χ3n) is 3.07. The highest BCUT2D eigenvalue weighted by Crippen LogP contribution is 2.08. The van der Waals surface area contributed by atoms with Crippen molar-refractivity contribution in [1.29, 1.82) is 0 Å². The number of urea groups is 1. The number of hydrogen-bond donors (Lipinski definition) is 1. The molecule has 1 aromatic rings. The Kier molecular flexibility index (Phi) is 6.39. The Hall–Kier alpha value is -1.01. The Morgan fingerprint density at radius 1 is 1.25 bits per heavy atom. The first-order valence-corrected chi connectivity index (χ1v) is 9.39. The number of carbonyl (C=O) groups excluding carboxylic acids is 1. The molecular weight excluding hydrogens is 292 g/mol. The van der Waals surface area contributed by atoms with Gasteiger partial charge >= 0.3 is 6.03 Å². The summed E-state index contributed by atoms with van der Waals surface area (Å²) in [5.74, 6) is 3.07. The van der Waals surface area contributed by atoms with Crippen LogP contribution in [0.3, 0.4) is 0 Å². The fraction of sp³-hybridized carbons (Fsp3) is 0.500. The van der Waals surface area contributed by atoms with Gasteiger partial charge in [-0.05, 0) is 5.56 Å². The van der Waals surface area contributed by atoms with E-state index in [-0.39, 0.29) is 6.03 Å². The molecule has 0 unspecified atom stereocenters. The summed E-state index contributed by atoms with van der Waals surface area (Å²) in [7, 11) is -0.930. The summed E-state index contributed by atoms with van der Waals surface area (Å²) < 4.78 is 11.9. The highest BCUT2D eigenvalue weighted by atomic mass is 32.2. The molecule has 1 heterocycles. The molecule has 1 aliphatic heterocycles. The minimum Gasteiger partial charge on any atom is -0.337 e. The van der Waals surface area contributed by atoms with Crippen LogP contribution in [-0.2, 0) is 16.6 Å². The normalized spacial score (nSPS) is 16.7. The number of nitrogens with one attached hydrogen (secondary N) is 1. The van der Waals surface area contributed by atoms with Crippen molar-refractivity contribution in [2.75, 3.05) is 36.9 Å². The SMILES string of the molecule is O=C(NCC[S@@](=O)Cc1ccccc1)N1CCSCC1. The predicted octanol–water partition coefficient (Wildman–Crippen LogP) is 1.69. The number of thioether (sulfide) groups is 1. The molecule has 1 N–H and O–H groups in total. The molecule has 1 fully saturated rings. The zero-order valence-electron chi connectivity index (χ0n) is 11.4. The van der Waals surface area contributed by atoms with Crippen molar-refractivity contribution < 1.29 is 9.00 Å². The summed E-state index contributed by atoms with van der Waals surface area (Å²) in [6.07, 6.45) is 0. The number of amides is 2. The second-order valence-corrected chi connectivity index (χ2v) is 7.41. The first-order valence-electron chi connectivity index (χ1n) is 6.75. The molecule has 6 heteroatoms. The standard InChI is InChI=1S/C14H20N2O2S2/c17-14(16-7-9-19-10-8-16)15-6-11-20(18)12-13-4-2-1-3-5-13/h1-5H,6-12H2,(H,15,17)/t20-/m1/s1. The van der Waals surface area contributed by atoms with Crippen LogP contribution in [0.1, 0.15) is 5.56 Å². The van der Waals surface area contributed by atoms with Crippen molar-refractivity contribution >= 4 is 28.6 Å². The zero-order chi connectivity index (χ0) is 14.2. The lowest BCUT2D eigenvalue weighted by molar-refractivity contribution is 0.204. The minimum atomic E-state index is -0.930. The molecule has 2 rings (SSSR count). The van der Waals surface area contributed by atoms with Crippen LogP contribution in [0, 0.1) is 0 Å². The summed E-state index contributed by atoms with van der Waals surface area (Å²) in [6.45, 7) is 2.09. The summed E-state index contributed by atoms with van der Waals surface area (Å²) in [4.78, 5) is 13.7. The third kappa shape index (κ3) is 5.17. The molecule has 110 valence electrons. The van der Waals surface area contributed by atoms with Gasteiger partial charge in [0, 0.05) is 53.4 Å². The van der Waals surface area contributed by atoms with E-state index >= 15 is 0 Å². The fourth-order valence-corrected chi connectivity index (χ4v) is 3.92. The van der Waals surface area contributed by atoms with Crippen LogP contribution in [0.15, 0.2) is 30.3 Å². The maximum Gasteiger partial charge on any atom is 0.317 e. The van der Waals surface area contributed by atoms with Gasteiger partial charge in [0.2, 0.25) is 0 Å². The Balaban J connectivity index is 1.65. The van der Waals surface area contributed by atoms with E-state index in [0.29, 0.717) is 18.1 Å². The monoisotopic (exact) mass is 312 g/mol. The molecule has 1 aromatic carbocycles. The molecule has 1 aliphatic rings. The second kappa shape index (κ2) is 8.32. The summed E-state index contributed by atoms with van der Waals surface area (Å²) >= 11 is 1.88. The molecule has 4 nitrogen and oxygen atoms in total. The molecule has 1 saturated heterocycles. The number of hydrogen-bond acceptors (Lipinski definition) is 3. The van der Waals surface area contributed by atoms with Gasteiger partial charge in [0.25, 0.3) is 0 Å². The number of carbonyl (C=O) groups is 1. The van der Waals surface area contributed by atoms with Gasteiger partial charge in [-0.1, -0.05) is 30.3 Å². The molecule has 0 bridgehead atoms. The topological polar surface area (TPSA) is 49.4 Å². The van der Waals surface area contributed by atoms with E-state index in [1.165, 1.54) is 0 Å². The Labute approximate surface area is 126 Å². The molecule has 0 saturated carbocycles. The first kappa shape index (κ1) is 15.4. The van der Waals surface area contributed by atoms with Crippen molar-refractivity contribution in [2.24, 2.45) is 0 Å². The average Bonchev–Trinajstić information content (AvgIpc) is 2.49. The van der Waals surface area contributed by atoms with Gasteiger partial charge in [-0.15, -0.1) is 0 Å². The Morgan fingerprint density at radius 2 is 1.95 bits per heavy atom. The molecule has 20 heavy (non-hydrogen) atoms. The van der Waals surface area contributed by atoms with E-state index in [1.54, 1.807) is 0 Å². The highest BCUT2D eigenvalue weighted by molar-refractivity contribution is 7.99. The number of rotatable bonds is 5. The van der Waals surface area contributed by atoms with E-state index < -0.39 is 10.8 Å². The van der Waals surface area contributed by atoms with Crippen LogP contribution < -0.4 is 5.32 Å². The van der Waals surface area contributed by atoms with Crippen LogP contribution in [0.2, 0.25) is 0 Å². The van der Waals surface area contributed by atoms with E-state index in [2.05, 4.69) is 5.32 Å². The molecule has 1 atom stereocenters. The second-order valence-electron chi connectivity index (χ2n) is 4.61. The van der Waals surface area contributed by atoms with E-state index in [4.69, 9.17) is 0 Å². The van der Waals surface area contributed by atoms with Crippen LogP contribution in [0.25, 0.3) is 0 Å². The van der Waals surface area contributed by atoms with Gasteiger partial charge in [-0.25, -0.2) is 4.79 Å². The largest absolute Gasteiger partial charge is 0.337 e. The van der Waals surface area contributed by atoms with Crippen molar-refractivity contribution in [1.82, 2.24) is 10.2 Å². The maximum atomic E-state index is 11.9. The lowest BCUT2D eigenvalue weighted by atomic mass is 10.2. The molecule has 0 aromatic heterocycles.